The van der Waals surface area contributed by atoms with Crippen LogP contribution in [0.4, 0.5) is 0 Å². The summed E-state index contributed by atoms with van der Waals surface area (Å²) in [5.74, 6) is -101. The van der Waals surface area contributed by atoms with Crippen LogP contribution in [0.1, 0.15) is 132 Å². The molecule has 11 heterocycles. The summed E-state index contributed by atoms with van der Waals surface area (Å²) in [6.45, 7) is -6.38. The van der Waals surface area contributed by atoms with Crippen molar-refractivity contribution in [3.63, 3.8) is 0 Å². The average molecular weight is 2000 g/mol. The van der Waals surface area contributed by atoms with Crippen molar-refractivity contribution < 1.29 is 279 Å². The van der Waals surface area contributed by atoms with E-state index in [0.29, 0.717) is 0 Å². The molecule has 0 radical (unpaired) electrons. The van der Waals surface area contributed by atoms with Crippen molar-refractivity contribution in [2.75, 3.05) is 19.8 Å². The van der Waals surface area contributed by atoms with Gasteiger partial charge in [-0.15, -0.1) is 0 Å². The lowest BCUT2D eigenvalue weighted by molar-refractivity contribution is -0.341. The molecule has 10 aromatic rings. The molecular weight excluding hydrogens is 1940 g/mol. The Hall–Kier alpha value is -19.3. The molecule has 143 heavy (non-hydrogen) atoms. The SMILES string of the molecule is O=C1OCC2(O)OC(=O)c3cc(O)c(O)c(O)c3-c3c(O)c(O)c(O)c4c3C(=O)OC(C3OC(=O)c5c-4c(O)c(O)c(O)c5C3c3c(O)c(O)c(O)c4c3C(=O)OCC3OC(=O)c5cc(O)c(O)c(O)c5-c5c(O)c(O)c(O)c6c5C(=O)OC(C3OC(=O)c3cc(O)c(O)c(O)c3-4)C3OC(=O)c4c-6c(O)c(O)c(O)c4C3C3(O)OCC(O)C(O)C3O)C2OC(=O)c2cc(O)c(O)c(O)c2-c2c1cc(O)c(O)c2O. The molecule has 1 saturated heterocycles. The second kappa shape index (κ2) is 30.8. The highest BCUT2D eigenvalue weighted by Gasteiger charge is 2.67. The van der Waals surface area contributed by atoms with Crippen molar-refractivity contribution in [1.29, 1.82) is 0 Å². The number of phenols is 30. The molecule has 742 valence electrons. The summed E-state index contributed by atoms with van der Waals surface area (Å²) >= 11 is 0. The number of benzene rings is 10. The fourth-order valence-corrected chi connectivity index (χ4v) is 19.2. The summed E-state index contributed by atoms with van der Waals surface area (Å²) in [7, 11) is 0. The highest BCUT2D eigenvalue weighted by atomic mass is 16.7. The highest BCUT2D eigenvalue weighted by Crippen LogP contribution is 2.69. The van der Waals surface area contributed by atoms with Crippen LogP contribution in [0.2, 0.25) is 0 Å². The number of aliphatic hydroxyl groups is 5. The van der Waals surface area contributed by atoms with Crippen LogP contribution in [0.25, 0.3) is 66.8 Å². The van der Waals surface area contributed by atoms with Crippen molar-refractivity contribution in [3.05, 3.63) is 103 Å². The molecule has 10 aromatic carbocycles. The molecule has 0 spiro atoms. The van der Waals surface area contributed by atoms with Crippen LogP contribution in [0.5, 0.6) is 172 Å². The predicted molar refractivity (Wildman–Crippen MR) is 437 cm³/mol. The summed E-state index contributed by atoms with van der Waals surface area (Å²) in [5, 5.41) is 422. The van der Waals surface area contributed by atoms with Gasteiger partial charge in [0.05, 0.1) is 74.1 Å². The van der Waals surface area contributed by atoms with Crippen molar-refractivity contribution in [2.24, 2.45) is 0 Å². The Morgan fingerprint density at radius 1 is 0.245 bits per heavy atom. The number of phenolic OH excluding ortho intramolecular Hbond substituents is 30. The van der Waals surface area contributed by atoms with E-state index in [2.05, 4.69) is 0 Å². The second-order valence-electron chi connectivity index (χ2n) is 33.1. The van der Waals surface area contributed by atoms with Crippen LogP contribution in [-0.4, -0.2) is 331 Å². The monoisotopic (exact) mass is 2000 g/mol. The molecule has 0 amide bonds. The third-order valence-corrected chi connectivity index (χ3v) is 25.6. The Balaban J connectivity index is 0.936. The van der Waals surface area contributed by atoms with Gasteiger partial charge in [-0.1, -0.05) is 0 Å². The first kappa shape index (κ1) is 92.7. The van der Waals surface area contributed by atoms with Gasteiger partial charge in [0.25, 0.3) is 5.79 Å². The largest absolute Gasteiger partial charge is 0.504 e. The Kier molecular flexibility index (Phi) is 20.0. The van der Waals surface area contributed by atoms with Gasteiger partial charge in [-0.25, -0.2) is 47.9 Å². The molecular formula is C87H58O56. The number of aliphatic hydroxyl groups excluding tert-OH is 3. The number of hydrogen-bond acceptors (Lipinski definition) is 56. The molecule has 0 saturated carbocycles. The minimum atomic E-state index is -4.82. The number of fused-ring (bicyclic) bond motifs is 14. The fourth-order valence-electron chi connectivity index (χ4n) is 19.2. The number of ether oxygens (including phenoxy) is 11. The van der Waals surface area contributed by atoms with Gasteiger partial charge in [0, 0.05) is 83.5 Å². The maximum Gasteiger partial charge on any atom is 0.341 e. The maximum atomic E-state index is 17.1. The third-order valence-electron chi connectivity index (χ3n) is 25.6. The zero-order valence-corrected chi connectivity index (χ0v) is 69.7. The van der Waals surface area contributed by atoms with E-state index in [1.807, 2.05) is 0 Å². The van der Waals surface area contributed by atoms with Gasteiger partial charge in [0.1, 0.15) is 24.9 Å². The summed E-state index contributed by atoms with van der Waals surface area (Å²) in [4.78, 5) is 161. The Labute approximate surface area is 781 Å². The van der Waals surface area contributed by atoms with Gasteiger partial charge in [-0.3, -0.25) is 0 Å². The first-order valence-corrected chi connectivity index (χ1v) is 40.2. The van der Waals surface area contributed by atoms with E-state index in [4.69, 9.17) is 52.1 Å². The molecule has 11 aliphatic rings. The summed E-state index contributed by atoms with van der Waals surface area (Å²) < 4.78 is 64.2. The standard InChI is InChI=1S/C87H58O56/c88-14-1-9-21(49(100)43(14)94)22-10(2-15(89)44(95)50(22)101)79(124)142-75-73-70-35(34-39(82(127)138-70)30(58(109)67(118)62(34)113)29-38(84(129)141-73)28(56(107)65(116)57(29)108)25-13(5-18(92)47(98)53(25)104)80(125)143-86(75,131)8-134-76(9)121)33-36-26(54(105)66(117)61(33)112)24-12(4-17(91)46(97)52(24)103)78(123)137-69-20(7-133-81(36)126)136-77(122)11-3-16(90)45(96)51(102)23(11)27-37-31(59(110)64(115)55(27)106)32-40-41(63(114)68(119)60(32)111)42(71(139-85(40)130)72(69)140-83(37)128)87(132)74(120)48(99)19(93)6-135-87/h1-5,19-20,35,42,48,69-75,88-120,131-132H,6-8H2. The van der Waals surface area contributed by atoms with Crippen LogP contribution >= 0.6 is 0 Å². The molecule has 1 fully saturated rings. The molecule has 56 heteroatoms. The lowest BCUT2D eigenvalue weighted by Gasteiger charge is -2.51. The van der Waals surface area contributed by atoms with E-state index < -0.39 is 476 Å². The summed E-state index contributed by atoms with van der Waals surface area (Å²) in [5.41, 5.74) is -46.0. The summed E-state index contributed by atoms with van der Waals surface area (Å²) in [6.07, 6.45) is -34.4. The molecule has 0 aromatic heterocycles. The number of aromatic hydroxyl groups is 30. The van der Waals surface area contributed by atoms with E-state index in [0.717, 1.165) is 0 Å². The molecule has 11 aliphatic heterocycles. The number of cyclic esters (lactones) is 2. The average Bonchev–Trinajstić information content (AvgIpc) is 1.50. The number of esters is 10. The van der Waals surface area contributed by atoms with Crippen LogP contribution in [0.15, 0.2) is 30.3 Å². The van der Waals surface area contributed by atoms with Crippen LogP contribution in [0.3, 0.4) is 0 Å². The molecule has 0 aliphatic carbocycles. The topological polar surface area (TPSA) is 980 Å². The highest BCUT2D eigenvalue weighted by molar-refractivity contribution is 6.20. The van der Waals surface area contributed by atoms with E-state index in [-0.39, 0.29) is 30.3 Å². The minimum Gasteiger partial charge on any atom is -0.504 e. The lowest BCUT2D eigenvalue weighted by Crippen LogP contribution is -2.68. The smallest absolute Gasteiger partial charge is 0.341 e. The van der Waals surface area contributed by atoms with E-state index in [1.54, 1.807) is 0 Å². The number of carbonyl (C=O) groups excluding carboxylic acids is 10. The van der Waals surface area contributed by atoms with Gasteiger partial charge >= 0.3 is 59.7 Å². The Morgan fingerprint density at radius 2 is 0.538 bits per heavy atom. The van der Waals surface area contributed by atoms with Crippen molar-refractivity contribution in [3.8, 4) is 239 Å². The third kappa shape index (κ3) is 12.3. The maximum absolute atomic E-state index is 17.1. The number of carbonyl (C=O) groups is 10. The molecule has 12 bridgehead atoms. The Morgan fingerprint density at radius 3 is 0.958 bits per heavy atom. The molecule has 21 rings (SSSR count). The van der Waals surface area contributed by atoms with Crippen molar-refractivity contribution in [2.45, 2.75) is 84.4 Å². The zero-order chi connectivity index (χ0) is 104. The molecule has 14 unspecified atom stereocenters. The van der Waals surface area contributed by atoms with Gasteiger partial charge in [0.15, 0.2) is 158 Å². The minimum absolute atomic E-state index is 0.00880. The van der Waals surface area contributed by atoms with E-state index in [1.165, 1.54) is 0 Å². The first-order chi connectivity index (χ1) is 67.1. The van der Waals surface area contributed by atoms with Crippen molar-refractivity contribution >= 4 is 59.7 Å². The molecule has 56 nitrogen and oxygen atoms in total. The van der Waals surface area contributed by atoms with Crippen LogP contribution in [-0.2, 0) is 52.1 Å². The quantitative estimate of drug-likeness (QED) is 0.0625. The number of rotatable bonds is 2. The van der Waals surface area contributed by atoms with Gasteiger partial charge in [-0.05, 0) is 30.3 Å². The molecule has 14 atom stereocenters. The fraction of sp³-hybridized carbons (Fsp3) is 0.195. The first-order valence-electron chi connectivity index (χ1n) is 40.2. The van der Waals surface area contributed by atoms with Crippen molar-refractivity contribution in [1.82, 2.24) is 0 Å². The number of hydrogen-bond donors (Lipinski definition) is 35. The Bertz CT molecular complexity index is 7700. The zero-order valence-electron chi connectivity index (χ0n) is 69.7. The van der Waals surface area contributed by atoms with Gasteiger partial charge < -0.3 is 231 Å². The van der Waals surface area contributed by atoms with Gasteiger partial charge in [-0.2, -0.15) is 0 Å². The van der Waals surface area contributed by atoms with Crippen LogP contribution < -0.4 is 0 Å². The van der Waals surface area contributed by atoms with Crippen LogP contribution in [0, 0.1) is 0 Å². The normalized spacial score (nSPS) is 23.9. The van der Waals surface area contributed by atoms with E-state index in [9.17, 15) is 179 Å². The second-order valence-corrected chi connectivity index (χ2v) is 33.1. The predicted octanol–water partition coefficient (Wildman–Crippen LogP) is 0.220. The lowest BCUT2D eigenvalue weighted by atomic mass is 9.71. The van der Waals surface area contributed by atoms with E-state index >= 15 is 47.9 Å². The summed E-state index contributed by atoms with van der Waals surface area (Å²) in [6, 6.07) is -0.0221. The van der Waals surface area contributed by atoms with Gasteiger partial charge in [0.2, 0.25) is 69.4 Å². The molecule has 35 N–H and O–H groups in total.